The van der Waals surface area contributed by atoms with Crippen molar-refractivity contribution in [2.24, 2.45) is 0 Å². The number of hydrogen-bond donors (Lipinski definition) is 1. The van der Waals surface area contributed by atoms with E-state index < -0.39 is 0 Å². The zero-order chi connectivity index (χ0) is 18.5. The molecule has 1 aliphatic heterocycles. The summed E-state index contributed by atoms with van der Waals surface area (Å²) in [6.45, 7) is 5.77. The molecule has 0 atom stereocenters. The largest absolute Gasteiger partial charge is 0.384 e. The summed E-state index contributed by atoms with van der Waals surface area (Å²) in [6.07, 6.45) is 0.485. The molecule has 0 saturated carbocycles. The number of benzene rings is 2. The average Bonchev–Trinajstić information content (AvgIpc) is 2.63. The molecule has 1 amide bonds. The minimum absolute atomic E-state index is 0.190. The fraction of sp³-hybridized carbons (Fsp3) is 0.350. The van der Waals surface area contributed by atoms with Gasteiger partial charge in [0.25, 0.3) is 0 Å². The molecule has 1 fully saturated rings. The summed E-state index contributed by atoms with van der Waals surface area (Å²) in [7, 11) is 0. The van der Waals surface area contributed by atoms with Crippen LogP contribution >= 0.6 is 23.2 Å². The molecule has 1 N–H and O–H groups in total. The lowest BCUT2D eigenvalue weighted by molar-refractivity contribution is -0.131. The van der Waals surface area contributed by atoms with Gasteiger partial charge in [-0.3, -0.25) is 4.79 Å². The van der Waals surface area contributed by atoms with Crippen molar-refractivity contribution in [1.29, 1.82) is 0 Å². The predicted molar refractivity (Wildman–Crippen MR) is 110 cm³/mol. The molecule has 26 heavy (non-hydrogen) atoms. The van der Waals surface area contributed by atoms with Crippen LogP contribution in [0, 0.1) is 6.92 Å². The van der Waals surface area contributed by atoms with Crippen LogP contribution < -0.4 is 10.2 Å². The fourth-order valence-corrected chi connectivity index (χ4v) is 3.59. The third-order valence-electron chi connectivity index (χ3n) is 4.65. The number of piperazine rings is 1. The summed E-state index contributed by atoms with van der Waals surface area (Å²) < 4.78 is 0. The van der Waals surface area contributed by atoms with Crippen LogP contribution in [0.2, 0.25) is 10.0 Å². The molecule has 0 spiro atoms. The van der Waals surface area contributed by atoms with Gasteiger partial charge in [0, 0.05) is 60.6 Å². The molecule has 3 rings (SSSR count). The Hall–Kier alpha value is -1.91. The van der Waals surface area contributed by atoms with Crippen LogP contribution in [0.25, 0.3) is 0 Å². The van der Waals surface area contributed by atoms with E-state index in [2.05, 4.69) is 16.3 Å². The van der Waals surface area contributed by atoms with Crippen LogP contribution in [0.15, 0.2) is 42.5 Å². The van der Waals surface area contributed by atoms with Crippen molar-refractivity contribution in [3.05, 3.63) is 58.1 Å². The number of rotatable bonds is 5. The second kappa shape index (κ2) is 8.65. The van der Waals surface area contributed by atoms with E-state index in [9.17, 15) is 4.79 Å². The monoisotopic (exact) mass is 391 g/mol. The number of carbonyl (C=O) groups is 1. The minimum atomic E-state index is 0.190. The zero-order valence-corrected chi connectivity index (χ0v) is 16.4. The highest BCUT2D eigenvalue weighted by Crippen LogP contribution is 2.21. The number of nitrogens with zero attached hydrogens (tertiary/aromatic N) is 2. The zero-order valence-electron chi connectivity index (χ0n) is 14.8. The van der Waals surface area contributed by atoms with Gasteiger partial charge in [0.15, 0.2) is 0 Å². The first-order valence-electron chi connectivity index (χ1n) is 8.81. The van der Waals surface area contributed by atoms with Gasteiger partial charge in [-0.2, -0.15) is 0 Å². The summed E-state index contributed by atoms with van der Waals surface area (Å²) in [5.74, 6) is 0.190. The average molecular weight is 392 g/mol. The van der Waals surface area contributed by atoms with Gasteiger partial charge in [-0.05, 0) is 48.9 Å². The Balaban J connectivity index is 1.45. The molecule has 1 aliphatic rings. The molecular formula is C20H23Cl2N3O. The van der Waals surface area contributed by atoms with E-state index in [0.717, 1.165) is 53.2 Å². The van der Waals surface area contributed by atoms with Crippen molar-refractivity contribution in [3.8, 4) is 0 Å². The Labute approximate surface area is 164 Å². The molecular weight excluding hydrogens is 369 g/mol. The number of hydrogen-bond acceptors (Lipinski definition) is 3. The molecule has 1 heterocycles. The third-order valence-corrected chi connectivity index (χ3v) is 5.12. The third kappa shape index (κ3) is 4.83. The summed E-state index contributed by atoms with van der Waals surface area (Å²) in [5.41, 5.74) is 3.22. The molecule has 0 bridgehead atoms. The van der Waals surface area contributed by atoms with Crippen LogP contribution in [-0.4, -0.2) is 43.5 Å². The number of carbonyl (C=O) groups excluding carboxylic acids is 1. The Morgan fingerprint density at radius 1 is 1.04 bits per heavy atom. The number of halogens is 2. The molecule has 0 aromatic heterocycles. The second-order valence-electron chi connectivity index (χ2n) is 6.48. The van der Waals surface area contributed by atoms with Gasteiger partial charge >= 0.3 is 0 Å². The van der Waals surface area contributed by atoms with Crippen LogP contribution in [0.4, 0.5) is 11.4 Å². The van der Waals surface area contributed by atoms with Crippen molar-refractivity contribution in [3.63, 3.8) is 0 Å². The predicted octanol–water partition coefficient (Wildman–Crippen LogP) is 4.45. The fourth-order valence-electron chi connectivity index (χ4n) is 3.17. The highest BCUT2D eigenvalue weighted by atomic mass is 35.5. The quantitative estimate of drug-likeness (QED) is 0.817. The molecule has 2 aromatic rings. The van der Waals surface area contributed by atoms with Crippen molar-refractivity contribution in [2.45, 2.75) is 13.3 Å². The van der Waals surface area contributed by atoms with Gasteiger partial charge in [0.2, 0.25) is 5.91 Å². The maximum absolute atomic E-state index is 12.4. The van der Waals surface area contributed by atoms with E-state index in [1.165, 1.54) is 0 Å². The van der Waals surface area contributed by atoms with Crippen LogP contribution in [-0.2, 0) is 4.79 Å². The standard InChI is InChI=1S/C20H23Cl2N3O/c1-15-13-17(22)5-6-19(15)23-8-7-20(26)25-11-9-24(10-12-25)18-4-2-3-16(21)14-18/h2-6,13-14,23H,7-12H2,1H3. The minimum Gasteiger partial charge on any atom is -0.384 e. The Kier molecular flexibility index (Phi) is 6.28. The lowest BCUT2D eigenvalue weighted by Gasteiger charge is -2.36. The van der Waals surface area contributed by atoms with Gasteiger partial charge in [0.1, 0.15) is 0 Å². The smallest absolute Gasteiger partial charge is 0.224 e. The second-order valence-corrected chi connectivity index (χ2v) is 7.36. The van der Waals surface area contributed by atoms with Gasteiger partial charge in [-0.25, -0.2) is 0 Å². The molecule has 2 aromatic carbocycles. The van der Waals surface area contributed by atoms with Crippen molar-refractivity contribution in [2.75, 3.05) is 42.9 Å². The van der Waals surface area contributed by atoms with Gasteiger partial charge in [0.05, 0.1) is 0 Å². The van der Waals surface area contributed by atoms with Crippen LogP contribution in [0.1, 0.15) is 12.0 Å². The summed E-state index contributed by atoms with van der Waals surface area (Å²) in [6, 6.07) is 13.6. The topological polar surface area (TPSA) is 35.6 Å². The molecule has 0 unspecified atom stereocenters. The summed E-state index contributed by atoms with van der Waals surface area (Å²) >= 11 is 12.0. The van der Waals surface area contributed by atoms with E-state index in [0.29, 0.717) is 13.0 Å². The first kappa shape index (κ1) is 18.9. The van der Waals surface area contributed by atoms with E-state index >= 15 is 0 Å². The van der Waals surface area contributed by atoms with Gasteiger partial charge in [-0.1, -0.05) is 29.3 Å². The highest BCUT2D eigenvalue weighted by molar-refractivity contribution is 6.31. The maximum Gasteiger partial charge on any atom is 0.224 e. The van der Waals surface area contributed by atoms with E-state index in [4.69, 9.17) is 23.2 Å². The molecule has 138 valence electrons. The normalized spacial score (nSPS) is 14.4. The van der Waals surface area contributed by atoms with Crippen molar-refractivity contribution in [1.82, 2.24) is 4.90 Å². The van der Waals surface area contributed by atoms with Crippen molar-refractivity contribution >= 4 is 40.5 Å². The van der Waals surface area contributed by atoms with E-state index in [1.54, 1.807) is 0 Å². The first-order valence-corrected chi connectivity index (χ1v) is 9.57. The van der Waals surface area contributed by atoms with E-state index in [1.807, 2.05) is 48.2 Å². The molecule has 0 aliphatic carbocycles. The Morgan fingerprint density at radius 2 is 1.77 bits per heavy atom. The lowest BCUT2D eigenvalue weighted by atomic mass is 10.2. The highest BCUT2D eigenvalue weighted by Gasteiger charge is 2.21. The molecule has 1 saturated heterocycles. The Morgan fingerprint density at radius 3 is 2.46 bits per heavy atom. The Bertz CT molecular complexity index is 773. The van der Waals surface area contributed by atoms with Crippen LogP contribution in [0.3, 0.4) is 0 Å². The van der Waals surface area contributed by atoms with Crippen molar-refractivity contribution < 1.29 is 4.79 Å². The number of nitrogens with one attached hydrogen (secondary N) is 1. The molecule has 4 nitrogen and oxygen atoms in total. The SMILES string of the molecule is Cc1cc(Cl)ccc1NCCC(=O)N1CCN(c2cccc(Cl)c2)CC1. The van der Waals surface area contributed by atoms with Gasteiger partial charge < -0.3 is 15.1 Å². The molecule has 6 heteroatoms. The summed E-state index contributed by atoms with van der Waals surface area (Å²) in [4.78, 5) is 16.7. The van der Waals surface area contributed by atoms with E-state index in [-0.39, 0.29) is 5.91 Å². The first-order chi connectivity index (χ1) is 12.5. The molecule has 0 radical (unpaired) electrons. The summed E-state index contributed by atoms with van der Waals surface area (Å²) in [5, 5.41) is 4.78. The number of aryl methyl sites for hydroxylation is 1. The van der Waals surface area contributed by atoms with Crippen LogP contribution in [0.5, 0.6) is 0 Å². The number of amides is 1. The number of anilines is 2. The lowest BCUT2D eigenvalue weighted by Crippen LogP contribution is -2.49. The van der Waals surface area contributed by atoms with Gasteiger partial charge in [-0.15, -0.1) is 0 Å². The maximum atomic E-state index is 12.4.